The number of carbonyl (C=O) groups is 1. The minimum absolute atomic E-state index is 0.0380. The molecule has 2 aliphatic rings. The van der Waals surface area contributed by atoms with Crippen LogP contribution in [0.5, 0.6) is 0 Å². The number of anilines is 1. The van der Waals surface area contributed by atoms with Crippen molar-refractivity contribution in [2.24, 2.45) is 0 Å². The molecule has 0 radical (unpaired) electrons. The lowest BCUT2D eigenvalue weighted by atomic mass is 9.97. The highest BCUT2D eigenvalue weighted by Crippen LogP contribution is 2.26. The standard InChI is InChI=1S/C19H23FN4O/c20-15-5-1-6-16(12-15)24-10-3-7-17(19(24)25)22-13-14-4-2-9-23-11-8-21-18(14)23/h1,5-6,8,11-12,14,17,22H,2-4,7,9-10,13H2. The van der Waals surface area contributed by atoms with Crippen molar-refractivity contribution >= 4 is 11.6 Å². The minimum Gasteiger partial charge on any atom is -0.335 e. The van der Waals surface area contributed by atoms with Gasteiger partial charge in [-0.15, -0.1) is 0 Å². The van der Waals surface area contributed by atoms with Crippen molar-refractivity contribution < 1.29 is 9.18 Å². The van der Waals surface area contributed by atoms with Crippen LogP contribution in [0.3, 0.4) is 0 Å². The third-order valence-corrected chi connectivity index (χ3v) is 5.23. The fourth-order valence-electron chi connectivity index (χ4n) is 3.95. The molecule has 0 aliphatic carbocycles. The molecule has 1 amide bonds. The summed E-state index contributed by atoms with van der Waals surface area (Å²) in [5.41, 5.74) is 0.643. The Hall–Kier alpha value is -2.21. The number of aromatic nitrogens is 2. The lowest BCUT2D eigenvalue weighted by Crippen LogP contribution is -2.51. The van der Waals surface area contributed by atoms with Crippen LogP contribution in [0.25, 0.3) is 0 Å². The second-order valence-electron chi connectivity index (χ2n) is 6.89. The summed E-state index contributed by atoms with van der Waals surface area (Å²) in [5.74, 6) is 1.19. The predicted molar refractivity (Wildman–Crippen MR) is 94.0 cm³/mol. The number of carbonyl (C=O) groups excluding carboxylic acids is 1. The largest absolute Gasteiger partial charge is 0.335 e. The Morgan fingerprint density at radius 1 is 1.24 bits per heavy atom. The lowest BCUT2D eigenvalue weighted by molar-refractivity contribution is -0.121. The van der Waals surface area contributed by atoms with Gasteiger partial charge in [-0.25, -0.2) is 9.37 Å². The maximum absolute atomic E-state index is 13.5. The van der Waals surface area contributed by atoms with E-state index in [0.29, 0.717) is 18.2 Å². The van der Waals surface area contributed by atoms with Crippen molar-refractivity contribution in [3.8, 4) is 0 Å². The minimum atomic E-state index is -0.311. The van der Waals surface area contributed by atoms with E-state index in [4.69, 9.17) is 0 Å². The fourth-order valence-corrected chi connectivity index (χ4v) is 3.95. The van der Waals surface area contributed by atoms with Crippen LogP contribution < -0.4 is 10.2 Å². The van der Waals surface area contributed by atoms with Gasteiger partial charge in [-0.05, 0) is 43.9 Å². The number of halogens is 1. The second-order valence-corrected chi connectivity index (χ2v) is 6.89. The van der Waals surface area contributed by atoms with Crippen molar-refractivity contribution in [2.45, 2.75) is 44.2 Å². The first-order valence-corrected chi connectivity index (χ1v) is 9.04. The van der Waals surface area contributed by atoms with Gasteiger partial charge in [-0.2, -0.15) is 0 Å². The van der Waals surface area contributed by atoms with Gasteiger partial charge in [0, 0.05) is 43.6 Å². The topological polar surface area (TPSA) is 50.2 Å². The van der Waals surface area contributed by atoms with Crippen LogP contribution in [0.1, 0.15) is 37.4 Å². The smallest absolute Gasteiger partial charge is 0.244 e. The van der Waals surface area contributed by atoms with Crippen LogP contribution in [0.15, 0.2) is 36.7 Å². The first kappa shape index (κ1) is 16.3. The Kier molecular flexibility index (Phi) is 4.53. The van der Waals surface area contributed by atoms with Crippen LogP contribution in [-0.2, 0) is 11.3 Å². The van der Waals surface area contributed by atoms with Gasteiger partial charge in [0.15, 0.2) is 0 Å². The number of fused-ring (bicyclic) bond motifs is 1. The summed E-state index contributed by atoms with van der Waals surface area (Å²) >= 11 is 0. The Labute approximate surface area is 146 Å². The van der Waals surface area contributed by atoms with Gasteiger partial charge < -0.3 is 14.8 Å². The Bertz CT molecular complexity index is 759. The molecule has 132 valence electrons. The van der Waals surface area contributed by atoms with E-state index < -0.39 is 0 Å². The van der Waals surface area contributed by atoms with E-state index in [1.807, 2.05) is 12.4 Å². The molecule has 1 fully saturated rings. The summed E-state index contributed by atoms with van der Waals surface area (Å²) in [5, 5.41) is 3.45. The average Bonchev–Trinajstić information content (AvgIpc) is 3.10. The van der Waals surface area contributed by atoms with Gasteiger partial charge in [0.25, 0.3) is 0 Å². The molecule has 1 saturated heterocycles. The van der Waals surface area contributed by atoms with Crippen LogP contribution >= 0.6 is 0 Å². The highest BCUT2D eigenvalue weighted by Gasteiger charge is 2.31. The molecule has 3 heterocycles. The molecule has 0 saturated carbocycles. The van der Waals surface area contributed by atoms with Gasteiger partial charge in [0.05, 0.1) is 6.04 Å². The fraction of sp³-hybridized carbons (Fsp3) is 0.474. The summed E-state index contributed by atoms with van der Waals surface area (Å²) in [7, 11) is 0. The number of aryl methyl sites for hydroxylation is 1. The summed E-state index contributed by atoms with van der Waals surface area (Å²) in [4.78, 5) is 19.0. The molecule has 6 heteroatoms. The molecule has 1 aromatic carbocycles. The number of amides is 1. The summed E-state index contributed by atoms with van der Waals surface area (Å²) in [6.45, 7) is 2.43. The Morgan fingerprint density at radius 2 is 2.12 bits per heavy atom. The van der Waals surface area contributed by atoms with Gasteiger partial charge in [0.2, 0.25) is 5.91 Å². The zero-order valence-electron chi connectivity index (χ0n) is 14.2. The Balaban J connectivity index is 1.42. The van der Waals surface area contributed by atoms with Crippen molar-refractivity contribution in [2.75, 3.05) is 18.0 Å². The maximum atomic E-state index is 13.5. The molecule has 2 aromatic rings. The molecule has 0 spiro atoms. The summed E-state index contributed by atoms with van der Waals surface area (Å²) < 4.78 is 15.7. The van der Waals surface area contributed by atoms with E-state index in [1.165, 1.54) is 12.1 Å². The van der Waals surface area contributed by atoms with Crippen LogP contribution in [0.2, 0.25) is 0 Å². The van der Waals surface area contributed by atoms with Gasteiger partial charge >= 0.3 is 0 Å². The van der Waals surface area contributed by atoms with Crippen LogP contribution in [-0.4, -0.2) is 34.6 Å². The van der Waals surface area contributed by atoms with Crippen molar-refractivity contribution in [3.63, 3.8) is 0 Å². The van der Waals surface area contributed by atoms with E-state index in [9.17, 15) is 9.18 Å². The Morgan fingerprint density at radius 3 is 3.00 bits per heavy atom. The van der Waals surface area contributed by atoms with E-state index in [0.717, 1.165) is 44.6 Å². The van der Waals surface area contributed by atoms with E-state index in [2.05, 4.69) is 14.9 Å². The molecule has 4 rings (SSSR count). The van der Waals surface area contributed by atoms with Crippen molar-refractivity contribution in [1.29, 1.82) is 0 Å². The quantitative estimate of drug-likeness (QED) is 0.929. The summed E-state index contributed by atoms with van der Waals surface area (Å²) in [6.07, 6.45) is 7.86. The molecule has 0 bridgehead atoms. The molecular formula is C19H23FN4O. The van der Waals surface area contributed by atoms with Crippen molar-refractivity contribution in [3.05, 3.63) is 48.3 Å². The third kappa shape index (κ3) is 3.31. The number of nitrogens with one attached hydrogen (secondary N) is 1. The molecule has 2 atom stereocenters. The van der Waals surface area contributed by atoms with Crippen LogP contribution in [0.4, 0.5) is 10.1 Å². The predicted octanol–water partition coefficient (Wildman–Crippen LogP) is 2.68. The number of benzene rings is 1. The summed E-state index contributed by atoms with van der Waals surface area (Å²) in [6, 6.07) is 6.07. The number of imidazole rings is 1. The zero-order valence-corrected chi connectivity index (χ0v) is 14.2. The lowest BCUT2D eigenvalue weighted by Gasteiger charge is -2.34. The van der Waals surface area contributed by atoms with Crippen LogP contribution in [0, 0.1) is 5.82 Å². The normalized spacial score (nSPS) is 23.6. The van der Waals surface area contributed by atoms with E-state index in [-0.39, 0.29) is 17.8 Å². The van der Waals surface area contributed by atoms with Crippen molar-refractivity contribution in [1.82, 2.24) is 14.9 Å². The first-order valence-electron chi connectivity index (χ1n) is 9.04. The van der Waals surface area contributed by atoms with Gasteiger partial charge in [-0.1, -0.05) is 6.07 Å². The molecule has 25 heavy (non-hydrogen) atoms. The van der Waals surface area contributed by atoms with Gasteiger partial charge in [0.1, 0.15) is 11.6 Å². The highest BCUT2D eigenvalue weighted by molar-refractivity contribution is 5.97. The number of hydrogen-bond donors (Lipinski definition) is 1. The molecule has 5 nitrogen and oxygen atoms in total. The SMILES string of the molecule is O=C1C(NCC2CCCn3ccnc32)CCCN1c1cccc(F)c1. The average molecular weight is 342 g/mol. The molecule has 1 N–H and O–H groups in total. The number of nitrogens with zero attached hydrogens (tertiary/aromatic N) is 3. The second kappa shape index (κ2) is 6.96. The first-order chi connectivity index (χ1) is 12.2. The number of rotatable bonds is 4. The van der Waals surface area contributed by atoms with E-state index in [1.54, 1.807) is 17.0 Å². The zero-order chi connectivity index (χ0) is 17.2. The molecule has 1 aromatic heterocycles. The highest BCUT2D eigenvalue weighted by atomic mass is 19.1. The maximum Gasteiger partial charge on any atom is 0.244 e. The molecular weight excluding hydrogens is 319 g/mol. The number of hydrogen-bond acceptors (Lipinski definition) is 3. The number of piperidine rings is 1. The third-order valence-electron chi connectivity index (χ3n) is 5.23. The van der Waals surface area contributed by atoms with Gasteiger partial charge in [-0.3, -0.25) is 4.79 Å². The monoisotopic (exact) mass is 342 g/mol. The molecule has 2 unspecified atom stereocenters. The molecule has 2 aliphatic heterocycles. The van der Waals surface area contributed by atoms with E-state index >= 15 is 0 Å².